The van der Waals surface area contributed by atoms with Gasteiger partial charge in [-0.05, 0) is 49.4 Å². The zero-order valence-electron chi connectivity index (χ0n) is 22.1. The maximum atomic E-state index is 13.6. The van der Waals surface area contributed by atoms with Gasteiger partial charge in [-0.2, -0.15) is 0 Å². The molecule has 0 radical (unpaired) electrons. The molecule has 0 unspecified atom stereocenters. The second-order valence-electron chi connectivity index (χ2n) is 9.13. The molecule has 1 fully saturated rings. The van der Waals surface area contributed by atoms with Crippen molar-refractivity contribution < 1.29 is 23.0 Å². The highest BCUT2D eigenvalue weighted by molar-refractivity contribution is 7.15. The molecule has 210 valence electrons. The van der Waals surface area contributed by atoms with Crippen molar-refractivity contribution in [2.24, 2.45) is 5.92 Å². The van der Waals surface area contributed by atoms with E-state index in [1.807, 2.05) is 0 Å². The number of pyridine rings is 3. The van der Waals surface area contributed by atoms with Gasteiger partial charge in [-0.3, -0.25) is 24.5 Å². The first-order valence-electron chi connectivity index (χ1n) is 12.6. The Morgan fingerprint density at radius 3 is 2.71 bits per heavy atom. The zero-order chi connectivity index (χ0) is 28.9. The maximum absolute atomic E-state index is 13.6. The lowest BCUT2D eigenvalue weighted by molar-refractivity contribution is 0.0807. The van der Waals surface area contributed by atoms with Crippen molar-refractivity contribution in [3.63, 3.8) is 0 Å². The number of rotatable bonds is 6. The Morgan fingerprint density at radius 2 is 1.98 bits per heavy atom. The van der Waals surface area contributed by atoms with Gasteiger partial charge in [-0.15, -0.1) is 10.2 Å². The Bertz CT molecular complexity index is 1710. The SMILES string of the molecule is COc1cnc(C(F)F)cc1-c1cc(-n2ccc(C)cc2=O)ncc1C(=O)Nc1nnc(C#CC2CCOCC2)s1. The molecule has 1 saturated heterocycles. The van der Waals surface area contributed by atoms with Crippen molar-refractivity contribution in [1.29, 1.82) is 0 Å². The molecule has 0 aliphatic carbocycles. The Labute approximate surface area is 237 Å². The lowest BCUT2D eigenvalue weighted by Gasteiger charge is -2.16. The van der Waals surface area contributed by atoms with Crippen molar-refractivity contribution >= 4 is 22.4 Å². The molecule has 4 aromatic rings. The van der Waals surface area contributed by atoms with E-state index in [0.29, 0.717) is 18.2 Å². The van der Waals surface area contributed by atoms with Crippen LogP contribution in [0.4, 0.5) is 13.9 Å². The predicted molar refractivity (Wildman–Crippen MR) is 148 cm³/mol. The molecule has 1 amide bonds. The minimum absolute atomic E-state index is 0.0312. The van der Waals surface area contributed by atoms with Gasteiger partial charge in [0.15, 0.2) is 5.01 Å². The standard InChI is InChI=1S/C28H24F2N6O4S/c1-16-5-8-36(25(37)11-16)23-13-18(19-12-21(26(29)30)31-15-22(19)39-2)20(14-32-23)27(38)33-28-35-34-24(41-28)4-3-17-6-9-40-10-7-17/h5,8,11-15,17,26H,6-7,9-10H2,1-2H3,(H,33,35,38). The number of hydrogen-bond donors (Lipinski definition) is 1. The quantitative estimate of drug-likeness (QED) is 0.334. The second-order valence-corrected chi connectivity index (χ2v) is 10.1. The molecule has 5 rings (SSSR count). The van der Waals surface area contributed by atoms with Gasteiger partial charge in [0.1, 0.15) is 17.3 Å². The topological polar surface area (TPSA) is 121 Å². The van der Waals surface area contributed by atoms with E-state index in [9.17, 15) is 18.4 Å². The van der Waals surface area contributed by atoms with E-state index in [-0.39, 0.29) is 44.9 Å². The summed E-state index contributed by atoms with van der Waals surface area (Å²) in [6, 6.07) is 5.76. The summed E-state index contributed by atoms with van der Waals surface area (Å²) in [7, 11) is 1.36. The van der Waals surface area contributed by atoms with Crippen LogP contribution in [0, 0.1) is 24.7 Å². The first-order valence-corrected chi connectivity index (χ1v) is 13.4. The van der Waals surface area contributed by atoms with Crippen molar-refractivity contribution in [1.82, 2.24) is 24.7 Å². The third kappa shape index (κ3) is 6.45. The number of aryl methyl sites for hydroxylation is 1. The fraction of sp³-hybridized carbons (Fsp3) is 0.286. The summed E-state index contributed by atoms with van der Waals surface area (Å²) in [5.74, 6) is 6.10. The van der Waals surface area contributed by atoms with E-state index in [0.717, 1.165) is 42.0 Å². The number of alkyl halides is 2. The molecule has 4 aromatic heterocycles. The van der Waals surface area contributed by atoms with Crippen molar-refractivity contribution in [2.75, 3.05) is 25.6 Å². The Kier molecular flexibility index (Phi) is 8.42. The number of halogens is 2. The molecule has 0 bridgehead atoms. The van der Waals surface area contributed by atoms with Gasteiger partial charge >= 0.3 is 0 Å². The smallest absolute Gasteiger partial charge is 0.280 e. The number of aromatic nitrogens is 5. The van der Waals surface area contributed by atoms with Crippen LogP contribution in [-0.4, -0.2) is 51.0 Å². The van der Waals surface area contributed by atoms with E-state index in [4.69, 9.17) is 9.47 Å². The molecule has 0 saturated carbocycles. The highest BCUT2D eigenvalue weighted by Crippen LogP contribution is 2.35. The first kappa shape index (κ1) is 28.0. The van der Waals surface area contributed by atoms with Crippen molar-refractivity contribution in [2.45, 2.75) is 26.2 Å². The lowest BCUT2D eigenvalue weighted by Crippen LogP contribution is -2.19. The van der Waals surface area contributed by atoms with Crippen LogP contribution in [0.25, 0.3) is 16.9 Å². The monoisotopic (exact) mass is 578 g/mol. The Balaban J connectivity index is 1.52. The molecule has 41 heavy (non-hydrogen) atoms. The van der Waals surface area contributed by atoms with Crippen LogP contribution >= 0.6 is 11.3 Å². The van der Waals surface area contributed by atoms with Gasteiger partial charge < -0.3 is 9.47 Å². The average Bonchev–Trinajstić information content (AvgIpc) is 3.43. The van der Waals surface area contributed by atoms with Gasteiger partial charge in [0.05, 0.1) is 18.9 Å². The van der Waals surface area contributed by atoms with E-state index in [2.05, 4.69) is 37.3 Å². The van der Waals surface area contributed by atoms with E-state index < -0.39 is 18.0 Å². The highest BCUT2D eigenvalue weighted by atomic mass is 32.1. The molecule has 13 heteroatoms. The highest BCUT2D eigenvalue weighted by Gasteiger charge is 2.22. The van der Waals surface area contributed by atoms with E-state index in [1.54, 1.807) is 19.2 Å². The molecular formula is C28H24F2N6O4S. The van der Waals surface area contributed by atoms with Crippen LogP contribution in [0.3, 0.4) is 0 Å². The van der Waals surface area contributed by atoms with E-state index >= 15 is 0 Å². The fourth-order valence-corrected chi connectivity index (χ4v) is 4.79. The minimum atomic E-state index is -2.86. The Morgan fingerprint density at radius 1 is 1.17 bits per heavy atom. The van der Waals surface area contributed by atoms with Crippen LogP contribution in [0.1, 0.15) is 45.9 Å². The molecule has 1 N–H and O–H groups in total. The summed E-state index contributed by atoms with van der Waals surface area (Å²) in [5, 5.41) is 11.4. The lowest BCUT2D eigenvalue weighted by atomic mass is 10.00. The summed E-state index contributed by atoms with van der Waals surface area (Å²) in [5.41, 5.74) is 0.309. The third-order valence-electron chi connectivity index (χ3n) is 6.33. The van der Waals surface area contributed by atoms with Crippen LogP contribution in [0.2, 0.25) is 0 Å². The first-order chi connectivity index (χ1) is 19.8. The molecule has 0 aromatic carbocycles. The number of ether oxygens (including phenoxy) is 2. The number of carbonyl (C=O) groups is 1. The van der Waals surface area contributed by atoms with Gasteiger partial charge in [0.2, 0.25) is 5.13 Å². The molecule has 5 heterocycles. The van der Waals surface area contributed by atoms with Crippen LogP contribution < -0.4 is 15.6 Å². The predicted octanol–water partition coefficient (Wildman–Crippen LogP) is 4.43. The van der Waals surface area contributed by atoms with E-state index in [1.165, 1.54) is 30.0 Å². The zero-order valence-corrected chi connectivity index (χ0v) is 22.9. The number of nitrogens with zero attached hydrogens (tertiary/aromatic N) is 5. The second kappa shape index (κ2) is 12.3. The normalized spacial score (nSPS) is 13.5. The summed E-state index contributed by atoms with van der Waals surface area (Å²) >= 11 is 1.10. The van der Waals surface area contributed by atoms with Gasteiger partial charge in [-0.1, -0.05) is 17.3 Å². The molecule has 1 aliphatic heterocycles. The number of amides is 1. The molecule has 0 spiro atoms. The van der Waals surface area contributed by atoms with Crippen LogP contribution in [-0.2, 0) is 4.74 Å². The number of methoxy groups -OCH3 is 1. The fourth-order valence-electron chi connectivity index (χ4n) is 4.19. The molecule has 10 nitrogen and oxygen atoms in total. The summed E-state index contributed by atoms with van der Waals surface area (Å²) in [6.07, 6.45) is 2.80. The number of carbonyl (C=O) groups excluding carboxylic acids is 1. The maximum Gasteiger partial charge on any atom is 0.280 e. The van der Waals surface area contributed by atoms with Crippen molar-refractivity contribution in [3.05, 3.63) is 75.0 Å². The molecule has 1 aliphatic rings. The Hall–Kier alpha value is -4.54. The summed E-state index contributed by atoms with van der Waals surface area (Å²) in [4.78, 5) is 34.2. The van der Waals surface area contributed by atoms with Gasteiger partial charge in [0, 0.05) is 48.7 Å². The minimum Gasteiger partial charge on any atom is -0.494 e. The number of anilines is 1. The number of nitrogens with one attached hydrogen (secondary N) is 1. The largest absolute Gasteiger partial charge is 0.494 e. The third-order valence-corrected chi connectivity index (χ3v) is 7.08. The number of hydrogen-bond acceptors (Lipinski definition) is 9. The summed E-state index contributed by atoms with van der Waals surface area (Å²) < 4.78 is 39.2. The van der Waals surface area contributed by atoms with Gasteiger partial charge in [0.25, 0.3) is 17.9 Å². The molecular weight excluding hydrogens is 554 g/mol. The molecule has 0 atom stereocenters. The van der Waals surface area contributed by atoms with Crippen molar-refractivity contribution in [3.8, 4) is 34.5 Å². The van der Waals surface area contributed by atoms with Crippen LogP contribution in [0.5, 0.6) is 5.75 Å². The van der Waals surface area contributed by atoms with Crippen LogP contribution in [0.15, 0.2) is 47.7 Å². The average molecular weight is 579 g/mol. The summed E-state index contributed by atoms with van der Waals surface area (Å²) in [6.45, 7) is 3.12. The van der Waals surface area contributed by atoms with Gasteiger partial charge in [-0.25, -0.2) is 13.8 Å².